The molecule has 0 unspecified atom stereocenters. The molecule has 2 aromatic heterocycles. The third kappa shape index (κ3) is 3.15. The number of para-hydroxylation sites is 1. The molecule has 26 heavy (non-hydrogen) atoms. The van der Waals surface area contributed by atoms with Gasteiger partial charge in [0.25, 0.3) is 0 Å². The van der Waals surface area contributed by atoms with Crippen molar-refractivity contribution in [2.24, 2.45) is 0 Å². The second kappa shape index (κ2) is 7.39. The van der Waals surface area contributed by atoms with Crippen LogP contribution >= 0.6 is 0 Å². The van der Waals surface area contributed by atoms with E-state index in [0.29, 0.717) is 12.4 Å². The first-order chi connectivity index (χ1) is 12.8. The van der Waals surface area contributed by atoms with Crippen LogP contribution in [0.15, 0.2) is 30.3 Å². The van der Waals surface area contributed by atoms with Gasteiger partial charge in [-0.2, -0.15) is 5.10 Å². The Labute approximate surface area is 153 Å². The molecule has 0 bridgehead atoms. The van der Waals surface area contributed by atoms with Crippen LogP contribution in [0.25, 0.3) is 16.7 Å². The van der Waals surface area contributed by atoms with E-state index in [1.165, 1.54) is 0 Å². The molecule has 0 radical (unpaired) electrons. The van der Waals surface area contributed by atoms with Gasteiger partial charge >= 0.3 is 0 Å². The normalized spacial score (nSPS) is 15.4. The average molecular weight is 352 g/mol. The number of hydrogen-bond acceptors (Lipinski definition) is 6. The second-order valence-corrected chi connectivity index (χ2v) is 6.52. The lowest BCUT2D eigenvalue weighted by molar-refractivity contribution is 0.178. The first-order valence-electron chi connectivity index (χ1n) is 9.04. The number of anilines is 1. The van der Waals surface area contributed by atoms with Gasteiger partial charge in [-0.15, -0.1) is 0 Å². The maximum Gasteiger partial charge on any atom is 0.169 e. The maximum absolute atomic E-state index is 5.31. The summed E-state index contributed by atoms with van der Waals surface area (Å²) in [4.78, 5) is 11.9. The van der Waals surface area contributed by atoms with Crippen LogP contribution in [0.1, 0.15) is 17.9 Å². The standard InChI is InChI=1S/C19H24N6O/c1-14-17-18(24-11-6-9-20-10-12-24)21-16(13-26-2)22-19(17)25(23-14)15-7-4-3-5-8-15/h3-5,7-8,20H,6,9-13H2,1-2H3. The minimum absolute atomic E-state index is 0.383. The summed E-state index contributed by atoms with van der Waals surface area (Å²) in [5.74, 6) is 1.65. The SMILES string of the molecule is COCc1nc(N2CCCNCC2)c2c(C)nn(-c3ccccc3)c2n1. The van der Waals surface area contributed by atoms with Gasteiger partial charge in [-0.05, 0) is 32.0 Å². The van der Waals surface area contributed by atoms with Gasteiger partial charge in [-0.1, -0.05) is 18.2 Å². The molecular weight excluding hydrogens is 328 g/mol. The fourth-order valence-corrected chi connectivity index (χ4v) is 3.43. The first kappa shape index (κ1) is 16.9. The predicted octanol–water partition coefficient (Wildman–Crippen LogP) is 2.07. The van der Waals surface area contributed by atoms with E-state index in [-0.39, 0.29) is 0 Å². The molecular formula is C19H24N6O. The maximum atomic E-state index is 5.31. The lowest BCUT2D eigenvalue weighted by atomic mass is 10.2. The third-order valence-corrected chi connectivity index (χ3v) is 4.64. The number of benzene rings is 1. The van der Waals surface area contributed by atoms with Crippen molar-refractivity contribution >= 4 is 16.9 Å². The van der Waals surface area contributed by atoms with Crippen molar-refractivity contribution in [1.29, 1.82) is 0 Å². The smallest absolute Gasteiger partial charge is 0.169 e. The molecule has 1 fully saturated rings. The number of fused-ring (bicyclic) bond motifs is 1. The fourth-order valence-electron chi connectivity index (χ4n) is 3.43. The van der Waals surface area contributed by atoms with Crippen LogP contribution < -0.4 is 10.2 Å². The predicted molar refractivity (Wildman–Crippen MR) is 102 cm³/mol. The zero-order valence-corrected chi connectivity index (χ0v) is 15.3. The highest BCUT2D eigenvalue weighted by molar-refractivity contribution is 5.91. The van der Waals surface area contributed by atoms with Gasteiger partial charge in [0.15, 0.2) is 11.5 Å². The summed E-state index contributed by atoms with van der Waals surface area (Å²) in [5, 5.41) is 9.24. The van der Waals surface area contributed by atoms with Crippen molar-refractivity contribution in [3.63, 3.8) is 0 Å². The topological polar surface area (TPSA) is 68.1 Å². The molecule has 136 valence electrons. The number of nitrogens with one attached hydrogen (secondary N) is 1. The van der Waals surface area contributed by atoms with Crippen molar-refractivity contribution in [3.8, 4) is 5.69 Å². The van der Waals surface area contributed by atoms with Crippen LogP contribution in [-0.4, -0.2) is 53.0 Å². The van der Waals surface area contributed by atoms with E-state index in [1.54, 1.807) is 7.11 Å². The van der Waals surface area contributed by atoms with Crippen molar-refractivity contribution in [3.05, 3.63) is 41.9 Å². The monoisotopic (exact) mass is 352 g/mol. The quantitative estimate of drug-likeness (QED) is 0.775. The summed E-state index contributed by atoms with van der Waals surface area (Å²) < 4.78 is 7.22. The Morgan fingerprint density at radius 3 is 2.77 bits per heavy atom. The van der Waals surface area contributed by atoms with E-state index in [4.69, 9.17) is 19.8 Å². The summed E-state index contributed by atoms with van der Waals surface area (Å²) in [6, 6.07) is 10.1. The Morgan fingerprint density at radius 1 is 1.12 bits per heavy atom. The van der Waals surface area contributed by atoms with Crippen LogP contribution in [-0.2, 0) is 11.3 Å². The number of hydrogen-bond donors (Lipinski definition) is 1. The summed E-state index contributed by atoms with van der Waals surface area (Å²) in [7, 11) is 1.67. The average Bonchev–Trinajstić information content (AvgIpc) is 2.85. The highest BCUT2D eigenvalue weighted by Crippen LogP contribution is 2.29. The minimum atomic E-state index is 0.383. The van der Waals surface area contributed by atoms with Gasteiger partial charge < -0.3 is 15.0 Å². The molecule has 7 nitrogen and oxygen atoms in total. The van der Waals surface area contributed by atoms with Crippen LogP contribution in [0, 0.1) is 6.92 Å². The van der Waals surface area contributed by atoms with E-state index in [2.05, 4.69) is 10.2 Å². The van der Waals surface area contributed by atoms with E-state index < -0.39 is 0 Å². The summed E-state index contributed by atoms with van der Waals surface area (Å²) in [6.07, 6.45) is 1.09. The molecule has 3 heterocycles. The van der Waals surface area contributed by atoms with Gasteiger partial charge in [0.2, 0.25) is 0 Å². The molecule has 0 amide bonds. The summed E-state index contributed by atoms with van der Waals surface area (Å²) >= 11 is 0. The molecule has 1 aromatic carbocycles. The molecule has 0 spiro atoms. The van der Waals surface area contributed by atoms with Crippen LogP contribution in [0.5, 0.6) is 0 Å². The number of nitrogens with zero attached hydrogens (tertiary/aromatic N) is 5. The summed E-state index contributed by atoms with van der Waals surface area (Å²) in [5.41, 5.74) is 2.78. The van der Waals surface area contributed by atoms with Gasteiger partial charge in [0.05, 0.1) is 16.8 Å². The Bertz CT molecular complexity index is 884. The molecule has 1 saturated heterocycles. The van der Waals surface area contributed by atoms with E-state index >= 15 is 0 Å². The molecule has 3 aromatic rings. The second-order valence-electron chi connectivity index (χ2n) is 6.52. The third-order valence-electron chi connectivity index (χ3n) is 4.64. The van der Waals surface area contributed by atoms with Crippen molar-refractivity contribution in [2.45, 2.75) is 20.0 Å². The lowest BCUT2D eigenvalue weighted by Crippen LogP contribution is -2.29. The first-order valence-corrected chi connectivity index (χ1v) is 9.04. The number of methoxy groups -OCH3 is 1. The van der Waals surface area contributed by atoms with E-state index in [0.717, 1.165) is 60.8 Å². The molecule has 0 saturated carbocycles. The number of aromatic nitrogens is 4. The molecule has 1 aliphatic rings. The van der Waals surface area contributed by atoms with Crippen LogP contribution in [0.2, 0.25) is 0 Å². The Hall–Kier alpha value is -2.51. The lowest BCUT2D eigenvalue weighted by Gasteiger charge is -2.22. The molecule has 4 rings (SSSR count). The fraction of sp³-hybridized carbons (Fsp3) is 0.421. The highest BCUT2D eigenvalue weighted by Gasteiger charge is 2.22. The van der Waals surface area contributed by atoms with Crippen molar-refractivity contribution < 1.29 is 4.74 Å². The molecule has 0 aliphatic carbocycles. The number of aryl methyl sites for hydroxylation is 1. The number of rotatable bonds is 4. The van der Waals surface area contributed by atoms with Gasteiger partial charge in [-0.3, -0.25) is 0 Å². The Balaban J connectivity index is 1.91. The van der Waals surface area contributed by atoms with Gasteiger partial charge in [-0.25, -0.2) is 14.6 Å². The van der Waals surface area contributed by atoms with E-state index in [1.807, 2.05) is 41.9 Å². The van der Waals surface area contributed by atoms with Crippen molar-refractivity contribution in [2.75, 3.05) is 38.2 Å². The number of ether oxygens (including phenoxy) is 1. The van der Waals surface area contributed by atoms with Gasteiger partial charge in [0, 0.05) is 26.7 Å². The highest BCUT2D eigenvalue weighted by atomic mass is 16.5. The molecule has 0 atom stereocenters. The molecule has 1 N–H and O–H groups in total. The summed E-state index contributed by atoms with van der Waals surface area (Å²) in [6.45, 7) is 6.31. The zero-order valence-electron chi connectivity index (χ0n) is 15.3. The Kier molecular flexibility index (Phi) is 4.81. The zero-order chi connectivity index (χ0) is 17.9. The van der Waals surface area contributed by atoms with Crippen LogP contribution in [0.3, 0.4) is 0 Å². The van der Waals surface area contributed by atoms with Crippen molar-refractivity contribution in [1.82, 2.24) is 25.1 Å². The Morgan fingerprint density at radius 2 is 1.96 bits per heavy atom. The molecule has 7 heteroatoms. The molecule has 1 aliphatic heterocycles. The largest absolute Gasteiger partial charge is 0.377 e. The minimum Gasteiger partial charge on any atom is -0.377 e. The van der Waals surface area contributed by atoms with E-state index in [9.17, 15) is 0 Å². The van der Waals surface area contributed by atoms with Crippen LogP contribution in [0.4, 0.5) is 5.82 Å². The van der Waals surface area contributed by atoms with Gasteiger partial charge in [0.1, 0.15) is 12.4 Å².